The topological polar surface area (TPSA) is 54.5 Å². The molecule has 0 radical (unpaired) electrons. The van der Waals surface area contributed by atoms with Gasteiger partial charge in [0.2, 0.25) is 0 Å². The predicted octanol–water partition coefficient (Wildman–Crippen LogP) is 7.02. The SMILES string of the molecule is Cc1ccc2cn[nH]c2c1.Cc1ccc2ncccc2c1.Cc1ccc2scnc2c1. The van der Waals surface area contributed by atoms with Gasteiger partial charge in [-0.1, -0.05) is 35.9 Å². The molecule has 0 unspecified atom stereocenters. The van der Waals surface area contributed by atoms with Gasteiger partial charge in [-0.15, -0.1) is 11.3 Å². The van der Waals surface area contributed by atoms with Gasteiger partial charge >= 0.3 is 0 Å². The van der Waals surface area contributed by atoms with Gasteiger partial charge in [0, 0.05) is 17.0 Å². The van der Waals surface area contributed by atoms with Gasteiger partial charge in [0.1, 0.15) is 0 Å². The van der Waals surface area contributed by atoms with Gasteiger partial charge in [-0.3, -0.25) is 10.1 Å². The number of aromatic nitrogens is 4. The third kappa shape index (κ3) is 5.32. The molecule has 31 heavy (non-hydrogen) atoms. The second-order valence-corrected chi connectivity index (χ2v) is 8.37. The molecule has 5 heteroatoms. The molecule has 3 heterocycles. The van der Waals surface area contributed by atoms with Gasteiger partial charge in [-0.25, -0.2) is 4.98 Å². The van der Waals surface area contributed by atoms with E-state index in [0.717, 1.165) is 16.6 Å². The van der Waals surface area contributed by atoms with Gasteiger partial charge < -0.3 is 0 Å². The molecule has 3 aromatic carbocycles. The lowest BCUT2D eigenvalue weighted by atomic mass is 10.1. The van der Waals surface area contributed by atoms with E-state index < -0.39 is 0 Å². The molecule has 4 nitrogen and oxygen atoms in total. The number of pyridine rings is 1. The Morgan fingerprint density at radius 3 is 2.39 bits per heavy atom. The maximum Gasteiger partial charge on any atom is 0.0814 e. The molecular weight excluding hydrogens is 400 g/mol. The number of rotatable bonds is 0. The van der Waals surface area contributed by atoms with Crippen molar-refractivity contribution in [3.63, 3.8) is 0 Å². The van der Waals surface area contributed by atoms with E-state index in [2.05, 4.69) is 95.5 Å². The number of hydrogen-bond donors (Lipinski definition) is 1. The monoisotopic (exact) mass is 424 g/mol. The number of nitrogens with one attached hydrogen (secondary N) is 1. The molecule has 0 spiro atoms. The lowest BCUT2D eigenvalue weighted by Gasteiger charge is -1.95. The van der Waals surface area contributed by atoms with Crippen molar-refractivity contribution in [3.05, 3.63) is 101 Å². The number of aryl methyl sites for hydroxylation is 3. The molecule has 0 atom stereocenters. The highest BCUT2D eigenvalue weighted by Crippen LogP contribution is 2.18. The van der Waals surface area contributed by atoms with Crippen LogP contribution in [0.25, 0.3) is 32.0 Å². The number of benzene rings is 3. The summed E-state index contributed by atoms with van der Waals surface area (Å²) in [6.07, 6.45) is 3.65. The van der Waals surface area contributed by atoms with Gasteiger partial charge in [0.15, 0.2) is 0 Å². The zero-order chi connectivity index (χ0) is 21.6. The lowest BCUT2D eigenvalue weighted by molar-refractivity contribution is 1.12. The highest BCUT2D eigenvalue weighted by atomic mass is 32.1. The van der Waals surface area contributed by atoms with Crippen LogP contribution < -0.4 is 0 Å². The van der Waals surface area contributed by atoms with Crippen LogP contribution in [-0.4, -0.2) is 20.2 Å². The molecule has 0 saturated heterocycles. The van der Waals surface area contributed by atoms with E-state index in [0.29, 0.717) is 0 Å². The van der Waals surface area contributed by atoms with E-state index in [1.165, 1.54) is 32.2 Å². The molecule has 0 saturated carbocycles. The van der Waals surface area contributed by atoms with Crippen LogP contribution in [0.3, 0.4) is 0 Å². The first-order valence-electron chi connectivity index (χ1n) is 10.1. The zero-order valence-electron chi connectivity index (χ0n) is 17.8. The Morgan fingerprint density at radius 2 is 1.48 bits per heavy atom. The average Bonchev–Trinajstić information content (AvgIpc) is 3.43. The summed E-state index contributed by atoms with van der Waals surface area (Å²) in [5.74, 6) is 0. The first-order valence-corrected chi connectivity index (χ1v) is 11.0. The Kier molecular flexibility index (Phi) is 6.34. The van der Waals surface area contributed by atoms with Gasteiger partial charge in [0.25, 0.3) is 0 Å². The molecular formula is C26H24N4S. The van der Waals surface area contributed by atoms with Crippen molar-refractivity contribution >= 4 is 43.4 Å². The van der Waals surface area contributed by atoms with Crippen molar-refractivity contribution in [1.29, 1.82) is 0 Å². The quantitative estimate of drug-likeness (QED) is 0.285. The first-order chi connectivity index (χ1) is 15.1. The average molecular weight is 425 g/mol. The summed E-state index contributed by atoms with van der Waals surface area (Å²) >= 11 is 1.68. The summed E-state index contributed by atoms with van der Waals surface area (Å²) in [4.78, 5) is 8.42. The molecule has 0 fully saturated rings. The molecule has 0 aliphatic heterocycles. The van der Waals surface area contributed by atoms with Crippen molar-refractivity contribution in [2.24, 2.45) is 0 Å². The summed E-state index contributed by atoms with van der Waals surface area (Å²) in [6.45, 7) is 6.24. The van der Waals surface area contributed by atoms with Crippen molar-refractivity contribution in [3.8, 4) is 0 Å². The third-order valence-corrected chi connectivity index (χ3v) is 5.65. The highest BCUT2D eigenvalue weighted by Gasteiger charge is 1.94. The zero-order valence-corrected chi connectivity index (χ0v) is 18.6. The number of fused-ring (bicyclic) bond motifs is 3. The molecule has 6 rings (SSSR count). The molecule has 3 aromatic heterocycles. The van der Waals surface area contributed by atoms with Gasteiger partial charge in [-0.2, -0.15) is 5.10 Å². The molecule has 154 valence electrons. The summed E-state index contributed by atoms with van der Waals surface area (Å²) in [6, 6.07) is 22.9. The molecule has 1 N–H and O–H groups in total. The van der Waals surface area contributed by atoms with Crippen LogP contribution in [0.4, 0.5) is 0 Å². The normalized spacial score (nSPS) is 10.4. The molecule has 0 bridgehead atoms. The van der Waals surface area contributed by atoms with Crippen molar-refractivity contribution in [2.75, 3.05) is 0 Å². The minimum Gasteiger partial charge on any atom is -0.278 e. The van der Waals surface area contributed by atoms with Crippen LogP contribution in [0, 0.1) is 20.8 Å². The maximum absolute atomic E-state index is 4.22. The van der Waals surface area contributed by atoms with Crippen LogP contribution in [0.2, 0.25) is 0 Å². The largest absolute Gasteiger partial charge is 0.278 e. The van der Waals surface area contributed by atoms with Gasteiger partial charge in [0.05, 0.1) is 33.0 Å². The number of aromatic amines is 1. The summed E-state index contributed by atoms with van der Waals surface area (Å²) in [5.41, 5.74) is 8.99. The van der Waals surface area contributed by atoms with E-state index in [4.69, 9.17) is 0 Å². The fraction of sp³-hybridized carbons (Fsp3) is 0.115. The van der Waals surface area contributed by atoms with E-state index in [9.17, 15) is 0 Å². The number of hydrogen-bond acceptors (Lipinski definition) is 4. The van der Waals surface area contributed by atoms with E-state index in [1.807, 2.05) is 30.0 Å². The Morgan fingerprint density at radius 1 is 0.710 bits per heavy atom. The minimum atomic E-state index is 1.07. The number of nitrogens with zero attached hydrogens (tertiary/aromatic N) is 3. The maximum atomic E-state index is 4.22. The molecule has 6 aromatic rings. The predicted molar refractivity (Wildman–Crippen MR) is 132 cm³/mol. The molecule has 0 amide bonds. The number of thiazole rings is 1. The van der Waals surface area contributed by atoms with Crippen LogP contribution in [-0.2, 0) is 0 Å². The van der Waals surface area contributed by atoms with Gasteiger partial charge in [-0.05, 0) is 68.3 Å². The fourth-order valence-corrected chi connectivity index (χ4v) is 3.87. The standard InChI is InChI=1S/C10H9N.C8H8N2.C8H7NS/c1-8-4-5-10-9(7-8)3-2-6-11-10;1-6-2-3-7-5-9-10-8(7)4-6;1-6-2-3-8-7(4-6)9-5-10-8/h2-7H,1H3;2-5H,1H3,(H,9,10);2-5H,1H3. The van der Waals surface area contributed by atoms with E-state index >= 15 is 0 Å². The van der Waals surface area contributed by atoms with Crippen LogP contribution >= 0.6 is 11.3 Å². The molecule has 0 aliphatic rings. The smallest absolute Gasteiger partial charge is 0.0814 e. The Balaban J connectivity index is 0.000000112. The minimum absolute atomic E-state index is 1.07. The van der Waals surface area contributed by atoms with Crippen molar-refractivity contribution < 1.29 is 0 Å². The molecule has 0 aliphatic carbocycles. The van der Waals surface area contributed by atoms with Crippen molar-refractivity contribution in [1.82, 2.24) is 20.2 Å². The summed E-state index contributed by atoms with van der Waals surface area (Å²) in [7, 11) is 0. The van der Waals surface area contributed by atoms with Crippen LogP contribution in [0.15, 0.2) is 84.6 Å². The van der Waals surface area contributed by atoms with Crippen LogP contribution in [0.5, 0.6) is 0 Å². The summed E-state index contributed by atoms with van der Waals surface area (Å²) in [5, 5.41) is 9.21. The fourth-order valence-electron chi connectivity index (χ4n) is 3.21. The Labute approximate surface area is 185 Å². The second kappa shape index (κ2) is 9.49. The van der Waals surface area contributed by atoms with Crippen molar-refractivity contribution in [2.45, 2.75) is 20.8 Å². The summed E-state index contributed by atoms with van der Waals surface area (Å²) < 4.78 is 1.27. The highest BCUT2D eigenvalue weighted by molar-refractivity contribution is 7.16. The second-order valence-electron chi connectivity index (χ2n) is 7.48. The van der Waals surface area contributed by atoms with Crippen LogP contribution in [0.1, 0.15) is 16.7 Å². The Bertz CT molecular complexity index is 1360. The third-order valence-electron chi connectivity index (χ3n) is 4.84. The Hall–Kier alpha value is -3.57. The van der Waals surface area contributed by atoms with E-state index in [-0.39, 0.29) is 0 Å². The van der Waals surface area contributed by atoms with E-state index in [1.54, 1.807) is 11.3 Å². The number of H-pyrrole nitrogens is 1. The lowest BCUT2D eigenvalue weighted by Crippen LogP contribution is -1.77. The first kappa shape index (κ1) is 20.7.